The van der Waals surface area contributed by atoms with Gasteiger partial charge in [0.25, 0.3) is 5.56 Å². The molecule has 3 aromatic rings. The van der Waals surface area contributed by atoms with Crippen LogP contribution in [0.4, 0.5) is 0 Å². The smallest absolute Gasteiger partial charge is 0.251 e. The molecule has 0 atom stereocenters. The van der Waals surface area contributed by atoms with Crippen molar-refractivity contribution in [3.8, 4) is 0 Å². The molecule has 0 spiro atoms. The Balaban J connectivity index is 1.92. The summed E-state index contributed by atoms with van der Waals surface area (Å²) in [4.78, 5) is 23.8. The Kier molecular flexibility index (Phi) is 3.28. The van der Waals surface area contributed by atoms with E-state index in [1.807, 2.05) is 18.2 Å². The summed E-state index contributed by atoms with van der Waals surface area (Å²) in [5, 5.41) is 0.873. The number of nitrogens with zero attached hydrogens (tertiary/aromatic N) is 1. The first-order chi connectivity index (χ1) is 9.63. The molecule has 3 rings (SSSR count). The summed E-state index contributed by atoms with van der Waals surface area (Å²) >= 11 is 3.28. The van der Waals surface area contributed by atoms with Crippen LogP contribution in [0.2, 0.25) is 0 Å². The van der Waals surface area contributed by atoms with E-state index in [0.717, 1.165) is 9.86 Å². The zero-order valence-electron chi connectivity index (χ0n) is 10.4. The molecule has 20 heavy (non-hydrogen) atoms. The molecule has 0 fully saturated rings. The Hall–Kier alpha value is -2.14. The van der Waals surface area contributed by atoms with Crippen molar-refractivity contribution in [1.82, 2.24) is 4.57 Å². The van der Waals surface area contributed by atoms with Crippen LogP contribution in [0.1, 0.15) is 10.6 Å². The highest BCUT2D eigenvalue weighted by molar-refractivity contribution is 9.10. The number of furan rings is 1. The second-order valence-corrected chi connectivity index (χ2v) is 5.30. The van der Waals surface area contributed by atoms with Gasteiger partial charge in [-0.1, -0.05) is 18.2 Å². The van der Waals surface area contributed by atoms with Gasteiger partial charge < -0.3 is 8.98 Å². The third-order valence-corrected chi connectivity index (χ3v) is 3.43. The maximum Gasteiger partial charge on any atom is 0.251 e. The summed E-state index contributed by atoms with van der Waals surface area (Å²) in [6, 6.07) is 12.2. The quantitative estimate of drug-likeness (QED) is 0.692. The average Bonchev–Trinajstić information content (AvgIpc) is 2.87. The normalized spacial score (nSPS) is 10.8. The Morgan fingerprint density at radius 2 is 2.00 bits per heavy atom. The van der Waals surface area contributed by atoms with E-state index in [1.54, 1.807) is 24.4 Å². The van der Waals surface area contributed by atoms with Crippen LogP contribution in [0.3, 0.4) is 0 Å². The van der Waals surface area contributed by atoms with Gasteiger partial charge in [-0.3, -0.25) is 9.59 Å². The Morgan fingerprint density at radius 1 is 1.20 bits per heavy atom. The van der Waals surface area contributed by atoms with Crippen molar-refractivity contribution < 1.29 is 9.21 Å². The van der Waals surface area contributed by atoms with Gasteiger partial charge in [-0.2, -0.15) is 0 Å². The molecule has 0 radical (unpaired) electrons. The van der Waals surface area contributed by atoms with Gasteiger partial charge in [-0.15, -0.1) is 0 Å². The molecule has 4 nitrogen and oxygen atoms in total. The van der Waals surface area contributed by atoms with E-state index >= 15 is 0 Å². The van der Waals surface area contributed by atoms with Crippen LogP contribution in [-0.4, -0.2) is 10.4 Å². The summed E-state index contributed by atoms with van der Waals surface area (Å²) in [6.45, 7) is -0.0436. The van der Waals surface area contributed by atoms with Crippen LogP contribution in [-0.2, 0) is 6.54 Å². The molecule has 0 amide bonds. The molecule has 5 heteroatoms. The van der Waals surface area contributed by atoms with E-state index in [4.69, 9.17) is 4.42 Å². The van der Waals surface area contributed by atoms with Crippen LogP contribution in [0.15, 0.2) is 62.3 Å². The molecule has 1 aromatic carbocycles. The first-order valence-corrected chi connectivity index (χ1v) is 6.80. The van der Waals surface area contributed by atoms with Gasteiger partial charge in [0.05, 0.1) is 6.54 Å². The highest BCUT2D eigenvalue weighted by Crippen LogP contribution is 2.19. The lowest BCUT2D eigenvalue weighted by atomic mass is 10.2. The number of rotatable bonds is 3. The number of carbonyl (C=O) groups is 1. The zero-order valence-corrected chi connectivity index (χ0v) is 12.0. The van der Waals surface area contributed by atoms with Gasteiger partial charge in [0.2, 0.25) is 5.78 Å². The van der Waals surface area contributed by atoms with E-state index in [-0.39, 0.29) is 23.6 Å². The molecule has 0 saturated heterocycles. The number of para-hydroxylation sites is 1. The zero-order chi connectivity index (χ0) is 14.1. The van der Waals surface area contributed by atoms with Crippen molar-refractivity contribution in [3.63, 3.8) is 0 Å². The summed E-state index contributed by atoms with van der Waals surface area (Å²) in [7, 11) is 0. The Labute approximate surface area is 122 Å². The predicted molar refractivity (Wildman–Crippen MR) is 78.9 cm³/mol. The highest BCUT2D eigenvalue weighted by atomic mass is 79.9. The van der Waals surface area contributed by atoms with Gasteiger partial charge in [-0.25, -0.2) is 0 Å². The number of ketones is 1. The first kappa shape index (κ1) is 12.9. The third kappa shape index (κ3) is 2.44. The minimum absolute atomic E-state index is 0.0436. The molecule has 0 unspecified atom stereocenters. The number of hydrogen-bond acceptors (Lipinski definition) is 3. The average molecular weight is 332 g/mol. The molecule has 100 valence electrons. The van der Waals surface area contributed by atoms with Gasteiger partial charge in [0.15, 0.2) is 5.76 Å². The van der Waals surface area contributed by atoms with E-state index in [2.05, 4.69) is 15.9 Å². The molecular weight excluding hydrogens is 322 g/mol. The molecule has 2 aromatic heterocycles. The molecule has 2 heterocycles. The summed E-state index contributed by atoms with van der Waals surface area (Å²) in [5.41, 5.74) is 0.440. The van der Waals surface area contributed by atoms with Crippen LogP contribution < -0.4 is 5.56 Å². The molecule has 0 saturated carbocycles. The second kappa shape index (κ2) is 5.09. The summed E-state index contributed by atoms with van der Waals surface area (Å²) in [5.74, 6) is 0.0273. The largest absolute Gasteiger partial charge is 0.453 e. The number of fused-ring (bicyclic) bond motifs is 1. The number of aromatic nitrogens is 1. The maximum absolute atomic E-state index is 12.2. The molecule has 0 aliphatic carbocycles. The fraction of sp³-hybridized carbons (Fsp3) is 0.0667. The minimum atomic E-state index is -0.235. The number of hydrogen-bond donors (Lipinski definition) is 0. The standard InChI is InChI=1S/C15H10BrNO3/c16-11-5-6-15(19)17(8-11)9-12(18)14-7-10-3-1-2-4-13(10)20-14/h1-8H,9H2. The fourth-order valence-electron chi connectivity index (χ4n) is 1.98. The van der Waals surface area contributed by atoms with Gasteiger partial charge >= 0.3 is 0 Å². The number of halogens is 1. The van der Waals surface area contributed by atoms with Gasteiger partial charge in [0, 0.05) is 22.1 Å². The molecule has 0 N–H and O–H groups in total. The number of carbonyl (C=O) groups excluding carboxylic acids is 1. The lowest BCUT2D eigenvalue weighted by Crippen LogP contribution is -2.22. The van der Waals surface area contributed by atoms with Crippen LogP contribution >= 0.6 is 15.9 Å². The first-order valence-electron chi connectivity index (χ1n) is 6.01. The van der Waals surface area contributed by atoms with Crippen LogP contribution in [0.25, 0.3) is 11.0 Å². The van der Waals surface area contributed by atoms with Crippen molar-refractivity contribution in [3.05, 3.63) is 69.2 Å². The Bertz CT molecular complexity index is 814. The molecule has 0 bridgehead atoms. The molecular formula is C15H10BrNO3. The third-order valence-electron chi connectivity index (χ3n) is 2.96. The van der Waals surface area contributed by atoms with Crippen molar-refractivity contribution in [1.29, 1.82) is 0 Å². The van der Waals surface area contributed by atoms with E-state index < -0.39 is 0 Å². The highest BCUT2D eigenvalue weighted by Gasteiger charge is 2.13. The van der Waals surface area contributed by atoms with E-state index in [1.165, 1.54) is 10.6 Å². The summed E-state index contributed by atoms with van der Waals surface area (Å²) in [6.07, 6.45) is 1.59. The number of Topliss-reactive ketones (excluding diaryl/α,β-unsaturated/α-hetero) is 1. The number of benzene rings is 1. The van der Waals surface area contributed by atoms with E-state index in [0.29, 0.717) is 5.58 Å². The van der Waals surface area contributed by atoms with E-state index in [9.17, 15) is 9.59 Å². The van der Waals surface area contributed by atoms with Crippen molar-refractivity contribution in [2.75, 3.05) is 0 Å². The minimum Gasteiger partial charge on any atom is -0.453 e. The van der Waals surface area contributed by atoms with Crippen molar-refractivity contribution in [2.45, 2.75) is 6.54 Å². The predicted octanol–water partition coefficient (Wildman–Crippen LogP) is 3.24. The van der Waals surface area contributed by atoms with Crippen molar-refractivity contribution >= 4 is 32.7 Å². The SMILES string of the molecule is O=C(Cn1cc(Br)ccc1=O)c1cc2ccccc2o1. The van der Waals surface area contributed by atoms with Gasteiger partial charge in [0.1, 0.15) is 5.58 Å². The molecule has 0 aliphatic heterocycles. The lowest BCUT2D eigenvalue weighted by Gasteiger charge is -2.03. The number of pyridine rings is 1. The second-order valence-electron chi connectivity index (χ2n) is 4.39. The molecule has 0 aliphatic rings. The van der Waals surface area contributed by atoms with Crippen molar-refractivity contribution in [2.24, 2.45) is 0 Å². The van der Waals surface area contributed by atoms with Crippen LogP contribution in [0, 0.1) is 0 Å². The lowest BCUT2D eigenvalue weighted by molar-refractivity contribution is 0.0946. The maximum atomic E-state index is 12.2. The Morgan fingerprint density at radius 3 is 2.80 bits per heavy atom. The van der Waals surface area contributed by atoms with Crippen LogP contribution in [0.5, 0.6) is 0 Å². The van der Waals surface area contributed by atoms with Gasteiger partial charge in [-0.05, 0) is 34.1 Å². The topological polar surface area (TPSA) is 52.2 Å². The fourth-order valence-corrected chi connectivity index (χ4v) is 2.36. The monoisotopic (exact) mass is 331 g/mol. The summed E-state index contributed by atoms with van der Waals surface area (Å²) < 4.78 is 7.59.